The second-order valence-corrected chi connectivity index (χ2v) is 6.71. The average molecular weight is 303 g/mol. The zero-order valence-electron chi connectivity index (χ0n) is 13.3. The summed E-state index contributed by atoms with van der Waals surface area (Å²) < 4.78 is 2.02. The van der Waals surface area contributed by atoms with Gasteiger partial charge in [0, 0.05) is 35.3 Å². The molecule has 0 bridgehead atoms. The van der Waals surface area contributed by atoms with Crippen LogP contribution in [0.15, 0.2) is 41.4 Å². The summed E-state index contributed by atoms with van der Waals surface area (Å²) in [5.74, 6) is 1.05. The van der Waals surface area contributed by atoms with E-state index in [1.54, 1.807) is 0 Å². The van der Waals surface area contributed by atoms with Crippen molar-refractivity contribution in [1.82, 2.24) is 15.1 Å². The Morgan fingerprint density at radius 1 is 1.24 bits per heavy atom. The van der Waals surface area contributed by atoms with Crippen LogP contribution in [0, 0.1) is 6.92 Å². The number of nitrogens with zero attached hydrogens (tertiary/aromatic N) is 2. The Morgan fingerprint density at radius 2 is 2.00 bits per heavy atom. The van der Waals surface area contributed by atoms with Gasteiger partial charge in [-0.25, -0.2) is 0 Å². The molecular formula is C17H25N3S. The fraction of sp³-hybridized carbons (Fsp3) is 0.471. The molecule has 21 heavy (non-hydrogen) atoms. The van der Waals surface area contributed by atoms with Gasteiger partial charge in [0.05, 0.1) is 5.69 Å². The Balaban J connectivity index is 1.92. The van der Waals surface area contributed by atoms with Crippen LogP contribution < -0.4 is 5.32 Å². The van der Waals surface area contributed by atoms with Gasteiger partial charge in [-0.05, 0) is 45.5 Å². The van der Waals surface area contributed by atoms with Crippen molar-refractivity contribution < 1.29 is 0 Å². The Morgan fingerprint density at radius 3 is 2.62 bits per heavy atom. The molecule has 2 rings (SSSR count). The van der Waals surface area contributed by atoms with Crippen molar-refractivity contribution in [2.24, 2.45) is 0 Å². The molecule has 3 nitrogen and oxygen atoms in total. The summed E-state index contributed by atoms with van der Waals surface area (Å²) in [5.41, 5.74) is 2.51. The minimum Gasteiger partial charge on any atom is -0.316 e. The van der Waals surface area contributed by atoms with E-state index >= 15 is 0 Å². The molecule has 1 heterocycles. The van der Waals surface area contributed by atoms with Crippen LogP contribution in [0.25, 0.3) is 0 Å². The second kappa shape index (κ2) is 7.66. The highest BCUT2D eigenvalue weighted by Gasteiger charge is 2.11. The van der Waals surface area contributed by atoms with E-state index in [0.717, 1.165) is 17.9 Å². The maximum atomic E-state index is 4.64. The van der Waals surface area contributed by atoms with Crippen LogP contribution in [0.1, 0.15) is 31.1 Å². The van der Waals surface area contributed by atoms with E-state index in [1.165, 1.54) is 10.5 Å². The van der Waals surface area contributed by atoms with Gasteiger partial charge in [0.25, 0.3) is 0 Å². The maximum absolute atomic E-state index is 4.64. The van der Waals surface area contributed by atoms with Crippen molar-refractivity contribution in [3.05, 3.63) is 47.8 Å². The van der Waals surface area contributed by atoms with Gasteiger partial charge >= 0.3 is 0 Å². The third kappa shape index (κ3) is 4.61. The standard InChI is InChI=1S/C17H25N3S/c1-13(2)20-10-9-15(19-20)11-16(18-4)12-21-17-8-6-5-7-14(17)3/h5-10,13,16,18H,11-12H2,1-4H3. The molecule has 0 aliphatic carbocycles. The van der Waals surface area contributed by atoms with E-state index in [4.69, 9.17) is 0 Å². The smallest absolute Gasteiger partial charge is 0.0640 e. The fourth-order valence-electron chi connectivity index (χ4n) is 2.18. The molecule has 1 N–H and O–H groups in total. The molecule has 0 radical (unpaired) electrons. The molecule has 0 saturated carbocycles. The topological polar surface area (TPSA) is 29.9 Å². The van der Waals surface area contributed by atoms with Gasteiger partial charge in [0.1, 0.15) is 0 Å². The van der Waals surface area contributed by atoms with Crippen molar-refractivity contribution in [2.45, 2.75) is 44.2 Å². The van der Waals surface area contributed by atoms with Gasteiger partial charge < -0.3 is 5.32 Å². The predicted octanol–water partition coefficient (Wildman–Crippen LogP) is 3.70. The Kier molecular flexibility index (Phi) is 5.88. The maximum Gasteiger partial charge on any atom is 0.0640 e. The highest BCUT2D eigenvalue weighted by Crippen LogP contribution is 2.23. The van der Waals surface area contributed by atoms with Crippen LogP contribution in [0.4, 0.5) is 0 Å². The fourth-order valence-corrected chi connectivity index (χ4v) is 3.32. The van der Waals surface area contributed by atoms with Crippen LogP contribution in [-0.4, -0.2) is 28.6 Å². The van der Waals surface area contributed by atoms with E-state index in [-0.39, 0.29) is 0 Å². The first-order valence-electron chi connectivity index (χ1n) is 7.50. The van der Waals surface area contributed by atoms with Gasteiger partial charge in [-0.2, -0.15) is 5.10 Å². The van der Waals surface area contributed by atoms with Gasteiger partial charge in [0.2, 0.25) is 0 Å². The SMILES string of the molecule is CNC(CSc1ccccc1C)Cc1ccn(C(C)C)n1. The molecule has 0 aliphatic heterocycles. The number of rotatable bonds is 7. The van der Waals surface area contributed by atoms with Crippen molar-refractivity contribution in [3.8, 4) is 0 Å². The summed E-state index contributed by atoms with van der Waals surface area (Å²) in [5, 5.41) is 8.05. The number of likely N-dealkylation sites (N-methyl/N-ethyl adjacent to an activating group) is 1. The monoisotopic (exact) mass is 303 g/mol. The van der Waals surface area contributed by atoms with Crippen LogP contribution in [-0.2, 0) is 6.42 Å². The minimum atomic E-state index is 0.424. The molecule has 2 aromatic rings. The molecular weight excluding hydrogens is 278 g/mol. The normalized spacial score (nSPS) is 12.8. The molecule has 0 aliphatic rings. The number of hydrogen-bond acceptors (Lipinski definition) is 3. The van der Waals surface area contributed by atoms with Crippen LogP contribution in [0.3, 0.4) is 0 Å². The lowest BCUT2D eigenvalue weighted by molar-refractivity contribution is 0.518. The lowest BCUT2D eigenvalue weighted by Crippen LogP contribution is -2.30. The number of hydrogen-bond donors (Lipinski definition) is 1. The molecule has 1 aromatic carbocycles. The average Bonchev–Trinajstić information content (AvgIpc) is 2.93. The summed E-state index contributed by atoms with van der Waals surface area (Å²) in [6, 6.07) is 11.5. The van der Waals surface area contributed by atoms with Gasteiger partial charge in [-0.3, -0.25) is 4.68 Å². The third-order valence-corrected chi connectivity index (χ3v) is 4.93. The molecule has 1 unspecified atom stereocenters. The number of benzene rings is 1. The van der Waals surface area contributed by atoms with Crippen molar-refractivity contribution in [3.63, 3.8) is 0 Å². The van der Waals surface area contributed by atoms with Crippen molar-refractivity contribution >= 4 is 11.8 Å². The van der Waals surface area contributed by atoms with E-state index in [9.17, 15) is 0 Å². The van der Waals surface area contributed by atoms with Gasteiger partial charge in [-0.15, -0.1) is 11.8 Å². The van der Waals surface area contributed by atoms with Crippen LogP contribution in [0.5, 0.6) is 0 Å². The van der Waals surface area contributed by atoms with E-state index in [0.29, 0.717) is 12.1 Å². The van der Waals surface area contributed by atoms with Gasteiger partial charge in [-0.1, -0.05) is 18.2 Å². The molecule has 0 fully saturated rings. The van der Waals surface area contributed by atoms with Crippen LogP contribution in [0.2, 0.25) is 0 Å². The molecule has 114 valence electrons. The number of aromatic nitrogens is 2. The second-order valence-electron chi connectivity index (χ2n) is 5.65. The minimum absolute atomic E-state index is 0.424. The molecule has 4 heteroatoms. The van der Waals surface area contributed by atoms with Crippen LogP contribution >= 0.6 is 11.8 Å². The first kappa shape index (κ1) is 16.1. The summed E-state index contributed by atoms with van der Waals surface area (Å²) in [7, 11) is 2.03. The van der Waals surface area contributed by atoms with E-state index in [2.05, 4.69) is 67.7 Å². The number of aryl methyl sites for hydroxylation is 1. The molecule has 0 amide bonds. The summed E-state index contributed by atoms with van der Waals surface area (Å²) >= 11 is 1.91. The largest absolute Gasteiger partial charge is 0.316 e. The van der Waals surface area contributed by atoms with Crippen molar-refractivity contribution in [2.75, 3.05) is 12.8 Å². The first-order valence-corrected chi connectivity index (χ1v) is 8.48. The lowest BCUT2D eigenvalue weighted by Gasteiger charge is -2.15. The predicted molar refractivity (Wildman–Crippen MR) is 91.1 cm³/mol. The lowest BCUT2D eigenvalue weighted by atomic mass is 10.2. The number of nitrogens with one attached hydrogen (secondary N) is 1. The molecule has 1 aromatic heterocycles. The van der Waals surface area contributed by atoms with Gasteiger partial charge in [0.15, 0.2) is 0 Å². The molecule has 0 saturated heterocycles. The zero-order valence-corrected chi connectivity index (χ0v) is 14.2. The third-order valence-electron chi connectivity index (χ3n) is 3.59. The number of thioether (sulfide) groups is 1. The quantitative estimate of drug-likeness (QED) is 0.791. The Labute approximate surface area is 132 Å². The summed E-state index contributed by atoms with van der Waals surface area (Å²) in [6.07, 6.45) is 3.04. The molecule has 0 spiro atoms. The van der Waals surface area contributed by atoms with E-state index in [1.807, 2.05) is 23.5 Å². The zero-order chi connectivity index (χ0) is 15.2. The van der Waals surface area contributed by atoms with Crippen molar-refractivity contribution in [1.29, 1.82) is 0 Å². The highest BCUT2D eigenvalue weighted by atomic mass is 32.2. The Bertz CT molecular complexity index is 563. The molecule has 1 atom stereocenters. The summed E-state index contributed by atoms with van der Waals surface area (Å²) in [4.78, 5) is 1.37. The summed E-state index contributed by atoms with van der Waals surface area (Å²) in [6.45, 7) is 6.47. The van der Waals surface area contributed by atoms with E-state index < -0.39 is 0 Å². The highest BCUT2D eigenvalue weighted by molar-refractivity contribution is 7.99. The Hall–Kier alpha value is -1.26. The first-order chi connectivity index (χ1) is 10.1.